The number of carbonyl (C=O) groups is 2. The highest BCUT2D eigenvalue weighted by Gasteiger charge is 2.40. The van der Waals surface area contributed by atoms with Crippen molar-refractivity contribution in [3.05, 3.63) is 17.8 Å². The fourth-order valence-corrected chi connectivity index (χ4v) is 2.08. The van der Waals surface area contributed by atoms with Crippen LogP contribution in [-0.2, 0) is 9.53 Å². The lowest BCUT2D eigenvalue weighted by atomic mass is 9.80. The van der Waals surface area contributed by atoms with Crippen LogP contribution in [0, 0.1) is 12.3 Å². The van der Waals surface area contributed by atoms with Gasteiger partial charge in [-0.1, -0.05) is 0 Å². The molecular weight excluding hydrogens is 252 g/mol. The van der Waals surface area contributed by atoms with E-state index in [1.807, 2.05) is 0 Å². The second-order valence-electron chi connectivity index (χ2n) is 4.65. The lowest BCUT2D eigenvalue weighted by Gasteiger charge is -2.32. The predicted octanol–water partition coefficient (Wildman–Crippen LogP) is 0.594. The van der Waals surface area contributed by atoms with Gasteiger partial charge in [-0.05, 0) is 19.8 Å². The lowest BCUT2D eigenvalue weighted by Crippen LogP contribution is -2.46. The fraction of sp³-hybridized carbons (Fsp3) is 0.583. The quantitative estimate of drug-likeness (QED) is 0.828. The Hall–Kier alpha value is -1.89. The van der Waals surface area contributed by atoms with E-state index in [0.29, 0.717) is 31.7 Å². The van der Waals surface area contributed by atoms with Crippen molar-refractivity contribution in [3.63, 3.8) is 0 Å². The second-order valence-corrected chi connectivity index (χ2v) is 4.65. The summed E-state index contributed by atoms with van der Waals surface area (Å²) in [6, 6.07) is 0. The molecule has 1 saturated heterocycles. The van der Waals surface area contributed by atoms with Crippen LogP contribution < -0.4 is 5.32 Å². The summed E-state index contributed by atoms with van der Waals surface area (Å²) in [6.07, 6.45) is 1.96. The van der Waals surface area contributed by atoms with Crippen LogP contribution in [0.4, 0.5) is 0 Å². The topological polar surface area (TPSA) is 102 Å². The summed E-state index contributed by atoms with van der Waals surface area (Å²) in [4.78, 5) is 27.1. The molecule has 1 aromatic heterocycles. The van der Waals surface area contributed by atoms with E-state index in [1.165, 1.54) is 6.39 Å². The Balaban J connectivity index is 2.02. The summed E-state index contributed by atoms with van der Waals surface area (Å²) in [5.41, 5.74) is -0.476. The van der Waals surface area contributed by atoms with Gasteiger partial charge in [0.2, 0.25) is 5.76 Å². The molecule has 2 heterocycles. The Bertz CT molecular complexity index is 476. The molecule has 0 aliphatic carbocycles. The summed E-state index contributed by atoms with van der Waals surface area (Å²) >= 11 is 0. The van der Waals surface area contributed by atoms with Crippen LogP contribution in [0.1, 0.15) is 29.1 Å². The number of aromatic nitrogens is 1. The molecule has 19 heavy (non-hydrogen) atoms. The van der Waals surface area contributed by atoms with Gasteiger partial charge >= 0.3 is 5.97 Å². The molecule has 0 bridgehead atoms. The number of carboxylic acid groups (broad SMARTS) is 1. The van der Waals surface area contributed by atoms with Crippen LogP contribution in [0.25, 0.3) is 0 Å². The number of hydrogen-bond acceptors (Lipinski definition) is 5. The number of aliphatic carboxylic acids is 1. The van der Waals surface area contributed by atoms with Crippen molar-refractivity contribution in [1.29, 1.82) is 0 Å². The van der Waals surface area contributed by atoms with Crippen molar-refractivity contribution >= 4 is 11.9 Å². The molecule has 0 aromatic carbocycles. The van der Waals surface area contributed by atoms with E-state index < -0.39 is 17.3 Å². The van der Waals surface area contributed by atoms with Crippen LogP contribution in [0.3, 0.4) is 0 Å². The SMILES string of the molecule is Cc1ncoc1C(=O)NCC1(C(=O)O)CCOCC1. The summed E-state index contributed by atoms with van der Waals surface area (Å²) in [5.74, 6) is -1.24. The molecule has 0 radical (unpaired) electrons. The molecule has 0 unspecified atom stereocenters. The van der Waals surface area contributed by atoms with Crippen molar-refractivity contribution in [2.45, 2.75) is 19.8 Å². The Morgan fingerprint density at radius 3 is 2.68 bits per heavy atom. The first-order valence-electron chi connectivity index (χ1n) is 6.05. The average molecular weight is 268 g/mol. The molecule has 2 rings (SSSR count). The maximum Gasteiger partial charge on any atom is 0.311 e. The van der Waals surface area contributed by atoms with Crippen LogP contribution in [0.2, 0.25) is 0 Å². The summed E-state index contributed by atoms with van der Waals surface area (Å²) < 4.78 is 10.1. The number of nitrogens with one attached hydrogen (secondary N) is 1. The van der Waals surface area contributed by atoms with Crippen molar-refractivity contribution in [2.24, 2.45) is 5.41 Å². The Kier molecular flexibility index (Phi) is 3.84. The predicted molar refractivity (Wildman–Crippen MR) is 63.7 cm³/mol. The van der Waals surface area contributed by atoms with Gasteiger partial charge in [0.15, 0.2) is 6.39 Å². The first-order valence-corrected chi connectivity index (χ1v) is 6.05. The summed E-state index contributed by atoms with van der Waals surface area (Å²) in [7, 11) is 0. The van der Waals surface area contributed by atoms with Crippen LogP contribution in [0.15, 0.2) is 10.8 Å². The molecule has 0 saturated carbocycles. The third-order valence-electron chi connectivity index (χ3n) is 3.44. The first kappa shape index (κ1) is 13.5. The van der Waals surface area contributed by atoms with Crippen molar-refractivity contribution < 1.29 is 23.8 Å². The Morgan fingerprint density at radius 1 is 1.47 bits per heavy atom. The molecule has 0 spiro atoms. The molecule has 1 fully saturated rings. The van der Waals surface area contributed by atoms with E-state index in [0.717, 1.165) is 0 Å². The fourth-order valence-electron chi connectivity index (χ4n) is 2.08. The van der Waals surface area contributed by atoms with Gasteiger partial charge in [-0.3, -0.25) is 9.59 Å². The maximum absolute atomic E-state index is 11.9. The molecule has 0 atom stereocenters. The molecular formula is C12H16N2O5. The highest BCUT2D eigenvalue weighted by Crippen LogP contribution is 2.30. The Morgan fingerprint density at radius 2 is 2.16 bits per heavy atom. The van der Waals surface area contributed by atoms with Gasteiger partial charge in [0.25, 0.3) is 5.91 Å². The van der Waals surface area contributed by atoms with Gasteiger partial charge in [-0.15, -0.1) is 0 Å². The van der Waals surface area contributed by atoms with Gasteiger partial charge in [0, 0.05) is 19.8 Å². The van der Waals surface area contributed by atoms with E-state index in [1.54, 1.807) is 6.92 Å². The minimum atomic E-state index is -0.957. The van der Waals surface area contributed by atoms with Crippen molar-refractivity contribution in [2.75, 3.05) is 19.8 Å². The number of carboxylic acids is 1. The highest BCUT2D eigenvalue weighted by atomic mass is 16.5. The number of aryl methyl sites for hydroxylation is 1. The van der Waals surface area contributed by atoms with Gasteiger partial charge < -0.3 is 19.6 Å². The summed E-state index contributed by atoms with van der Waals surface area (Å²) in [6.45, 7) is 2.50. The first-order chi connectivity index (χ1) is 9.05. The molecule has 104 valence electrons. The van der Waals surface area contributed by atoms with Gasteiger partial charge in [0.05, 0.1) is 11.1 Å². The molecule has 7 heteroatoms. The number of carbonyl (C=O) groups excluding carboxylic acids is 1. The smallest absolute Gasteiger partial charge is 0.311 e. The third-order valence-corrected chi connectivity index (χ3v) is 3.44. The van der Waals surface area contributed by atoms with Crippen LogP contribution in [0.5, 0.6) is 0 Å². The zero-order valence-corrected chi connectivity index (χ0v) is 10.6. The monoisotopic (exact) mass is 268 g/mol. The number of oxazole rings is 1. The maximum atomic E-state index is 11.9. The second kappa shape index (κ2) is 5.40. The Labute approximate surface area is 110 Å². The van der Waals surface area contributed by atoms with Gasteiger partial charge in [-0.25, -0.2) is 4.98 Å². The van der Waals surface area contributed by atoms with E-state index in [4.69, 9.17) is 9.15 Å². The average Bonchev–Trinajstić information content (AvgIpc) is 2.83. The van der Waals surface area contributed by atoms with E-state index in [2.05, 4.69) is 10.3 Å². The molecule has 1 aliphatic rings. The van der Waals surface area contributed by atoms with E-state index >= 15 is 0 Å². The molecule has 1 aliphatic heterocycles. The van der Waals surface area contributed by atoms with Crippen LogP contribution in [-0.4, -0.2) is 41.7 Å². The standard InChI is InChI=1S/C12H16N2O5/c1-8-9(19-7-14-8)10(15)13-6-12(11(16)17)2-4-18-5-3-12/h7H,2-6H2,1H3,(H,13,15)(H,16,17). The number of rotatable bonds is 4. The summed E-state index contributed by atoms with van der Waals surface area (Å²) in [5, 5.41) is 12.0. The minimum absolute atomic E-state index is 0.0602. The molecule has 1 aromatic rings. The zero-order valence-electron chi connectivity index (χ0n) is 10.6. The molecule has 1 amide bonds. The minimum Gasteiger partial charge on any atom is -0.481 e. The molecule has 2 N–H and O–H groups in total. The van der Waals surface area contributed by atoms with Gasteiger partial charge in [0.1, 0.15) is 0 Å². The van der Waals surface area contributed by atoms with E-state index in [-0.39, 0.29) is 12.3 Å². The van der Waals surface area contributed by atoms with Crippen LogP contribution >= 0.6 is 0 Å². The highest BCUT2D eigenvalue weighted by molar-refractivity contribution is 5.92. The van der Waals surface area contributed by atoms with Crippen molar-refractivity contribution in [1.82, 2.24) is 10.3 Å². The normalized spacial score (nSPS) is 17.9. The molecule has 7 nitrogen and oxygen atoms in total. The van der Waals surface area contributed by atoms with Gasteiger partial charge in [-0.2, -0.15) is 0 Å². The van der Waals surface area contributed by atoms with E-state index in [9.17, 15) is 14.7 Å². The number of nitrogens with zero attached hydrogens (tertiary/aromatic N) is 1. The zero-order chi connectivity index (χ0) is 13.9. The number of hydrogen-bond donors (Lipinski definition) is 2. The third kappa shape index (κ3) is 2.76. The van der Waals surface area contributed by atoms with Crippen molar-refractivity contribution in [3.8, 4) is 0 Å². The number of amides is 1. The largest absolute Gasteiger partial charge is 0.481 e. The lowest BCUT2D eigenvalue weighted by molar-refractivity contribution is -0.154. The number of ether oxygens (including phenoxy) is 1.